The highest BCUT2D eigenvalue weighted by Crippen LogP contribution is 2.02. The first-order chi connectivity index (χ1) is 4.61. The van der Waals surface area contributed by atoms with Gasteiger partial charge in [-0.25, -0.2) is 0 Å². The maximum atomic E-state index is 3.22. The average Bonchev–Trinajstić information content (AvgIpc) is 1.84. The van der Waals surface area contributed by atoms with E-state index in [-0.39, 0.29) is 0 Å². The molecule has 0 aliphatic rings. The Hall–Kier alpha value is -0.850. The second kappa shape index (κ2) is 2.41. The predicted molar refractivity (Wildman–Crippen MR) is 40.7 cm³/mol. The zero-order chi connectivity index (χ0) is 7.72. The van der Waals surface area contributed by atoms with Gasteiger partial charge in [-0.05, 0) is 6.92 Å². The molecule has 0 saturated heterocycles. The SMILES string of the molecule is Cc1[c-][n+](C)c(C)cc1C. The van der Waals surface area contributed by atoms with E-state index in [0.29, 0.717) is 0 Å². The van der Waals surface area contributed by atoms with Gasteiger partial charge in [0.2, 0.25) is 0 Å². The molecule has 0 spiro atoms. The Morgan fingerprint density at radius 3 is 2.40 bits per heavy atom. The number of rotatable bonds is 0. The van der Waals surface area contributed by atoms with E-state index in [1.54, 1.807) is 0 Å². The lowest BCUT2D eigenvalue weighted by atomic mass is 10.1. The minimum absolute atomic E-state index is 1.23. The summed E-state index contributed by atoms with van der Waals surface area (Å²) >= 11 is 0. The molecule has 1 heterocycles. The van der Waals surface area contributed by atoms with Gasteiger partial charge in [0.15, 0.2) is 0 Å². The molecule has 1 heteroatoms. The lowest BCUT2D eigenvalue weighted by Gasteiger charge is -2.07. The van der Waals surface area contributed by atoms with E-state index in [0.717, 1.165) is 0 Å². The summed E-state index contributed by atoms with van der Waals surface area (Å²) in [4.78, 5) is 0. The fraction of sp³-hybridized carbons (Fsp3) is 0.444. The molecule has 0 aliphatic carbocycles. The summed E-state index contributed by atoms with van der Waals surface area (Å²) in [7, 11) is 2.02. The van der Waals surface area contributed by atoms with Crippen LogP contribution in [0.4, 0.5) is 0 Å². The van der Waals surface area contributed by atoms with Gasteiger partial charge in [-0.15, -0.1) is 11.6 Å². The van der Waals surface area contributed by atoms with Crippen LogP contribution >= 0.6 is 0 Å². The summed E-state index contributed by atoms with van der Waals surface area (Å²) < 4.78 is 2.02. The Labute approximate surface area is 62.3 Å². The Kier molecular flexibility index (Phi) is 1.75. The predicted octanol–water partition coefficient (Wildman–Crippen LogP) is 1.24. The summed E-state index contributed by atoms with van der Waals surface area (Å²) in [5.74, 6) is 0. The highest BCUT2D eigenvalue weighted by Gasteiger charge is 1.93. The first kappa shape index (κ1) is 7.26. The number of aromatic nitrogens is 1. The Morgan fingerprint density at radius 1 is 1.30 bits per heavy atom. The number of hydrogen-bond donors (Lipinski definition) is 0. The van der Waals surface area contributed by atoms with Crippen LogP contribution in [0, 0.1) is 27.0 Å². The van der Waals surface area contributed by atoms with Crippen LogP contribution in [-0.2, 0) is 7.05 Å². The van der Waals surface area contributed by atoms with E-state index in [9.17, 15) is 0 Å². The highest BCUT2D eigenvalue weighted by molar-refractivity contribution is 5.18. The quantitative estimate of drug-likeness (QED) is 0.372. The number of pyridine rings is 1. The molecule has 1 aromatic rings. The first-order valence-corrected chi connectivity index (χ1v) is 3.47. The molecule has 0 aliphatic heterocycles. The minimum Gasteiger partial charge on any atom is -0.311 e. The lowest BCUT2D eigenvalue weighted by Crippen LogP contribution is -2.32. The number of hydrogen-bond acceptors (Lipinski definition) is 0. The van der Waals surface area contributed by atoms with Crippen molar-refractivity contribution in [1.82, 2.24) is 0 Å². The van der Waals surface area contributed by atoms with Gasteiger partial charge in [0.05, 0.1) is 5.69 Å². The summed E-state index contributed by atoms with van der Waals surface area (Å²) in [6.07, 6.45) is 3.22. The summed E-state index contributed by atoms with van der Waals surface area (Å²) in [5, 5.41) is 0. The second-order valence-electron chi connectivity index (χ2n) is 2.76. The molecule has 1 rings (SSSR count). The Morgan fingerprint density at radius 2 is 1.90 bits per heavy atom. The molecule has 1 nitrogen and oxygen atoms in total. The van der Waals surface area contributed by atoms with E-state index >= 15 is 0 Å². The smallest absolute Gasteiger partial charge is 0.116 e. The van der Waals surface area contributed by atoms with Crippen LogP contribution in [0.25, 0.3) is 0 Å². The number of aryl methyl sites for hydroxylation is 4. The summed E-state index contributed by atoms with van der Waals surface area (Å²) in [6.45, 7) is 6.27. The normalized spacial score (nSPS) is 10.0. The van der Waals surface area contributed by atoms with Crippen molar-refractivity contribution in [2.24, 2.45) is 7.05 Å². The van der Waals surface area contributed by atoms with Gasteiger partial charge in [0, 0.05) is 0 Å². The highest BCUT2D eigenvalue weighted by atomic mass is 14.9. The van der Waals surface area contributed by atoms with Gasteiger partial charge in [-0.2, -0.15) is 0 Å². The van der Waals surface area contributed by atoms with Gasteiger partial charge in [-0.3, -0.25) is 0 Å². The minimum atomic E-state index is 1.23. The van der Waals surface area contributed by atoms with Crippen molar-refractivity contribution >= 4 is 0 Å². The number of nitrogens with zero attached hydrogens (tertiary/aromatic N) is 1. The third kappa shape index (κ3) is 1.18. The molecule has 0 aromatic carbocycles. The molecule has 1 aromatic heterocycles. The van der Waals surface area contributed by atoms with Crippen LogP contribution in [0.3, 0.4) is 0 Å². The maximum absolute atomic E-state index is 3.22. The van der Waals surface area contributed by atoms with Crippen LogP contribution in [0.15, 0.2) is 6.07 Å². The molecular formula is C9H13N. The summed E-state index contributed by atoms with van der Waals surface area (Å²) in [6, 6.07) is 2.17. The van der Waals surface area contributed by atoms with E-state index in [2.05, 4.69) is 33.0 Å². The molecular weight excluding hydrogens is 122 g/mol. The van der Waals surface area contributed by atoms with Gasteiger partial charge in [0.1, 0.15) is 13.2 Å². The monoisotopic (exact) mass is 135 g/mol. The third-order valence-corrected chi connectivity index (χ3v) is 1.88. The zero-order valence-electron chi connectivity index (χ0n) is 7.02. The maximum Gasteiger partial charge on any atom is 0.116 e. The Bertz CT molecular complexity index is 201. The van der Waals surface area contributed by atoms with Gasteiger partial charge < -0.3 is 4.57 Å². The van der Waals surface area contributed by atoms with Crippen molar-refractivity contribution in [3.05, 3.63) is 29.1 Å². The third-order valence-electron chi connectivity index (χ3n) is 1.88. The first-order valence-electron chi connectivity index (χ1n) is 3.47. The van der Waals surface area contributed by atoms with Crippen molar-refractivity contribution < 1.29 is 4.57 Å². The molecule has 0 atom stereocenters. The fourth-order valence-corrected chi connectivity index (χ4v) is 0.946. The topological polar surface area (TPSA) is 3.88 Å². The second-order valence-corrected chi connectivity index (χ2v) is 2.76. The molecule has 0 unspecified atom stereocenters. The van der Waals surface area contributed by atoms with Gasteiger partial charge in [0.25, 0.3) is 0 Å². The van der Waals surface area contributed by atoms with Crippen molar-refractivity contribution in [2.75, 3.05) is 0 Å². The van der Waals surface area contributed by atoms with Crippen molar-refractivity contribution in [2.45, 2.75) is 20.8 Å². The van der Waals surface area contributed by atoms with Crippen LogP contribution in [0.5, 0.6) is 0 Å². The fourth-order valence-electron chi connectivity index (χ4n) is 0.946. The van der Waals surface area contributed by atoms with E-state index in [1.165, 1.54) is 16.8 Å². The van der Waals surface area contributed by atoms with Crippen LogP contribution in [-0.4, -0.2) is 0 Å². The molecule has 0 bridgehead atoms. The van der Waals surface area contributed by atoms with Crippen molar-refractivity contribution in [1.29, 1.82) is 0 Å². The van der Waals surface area contributed by atoms with Crippen LogP contribution in [0.1, 0.15) is 16.8 Å². The van der Waals surface area contributed by atoms with Crippen LogP contribution in [0.2, 0.25) is 0 Å². The largest absolute Gasteiger partial charge is 0.311 e. The van der Waals surface area contributed by atoms with E-state index in [4.69, 9.17) is 0 Å². The molecule has 0 N–H and O–H groups in total. The molecule has 0 fully saturated rings. The molecule has 0 saturated carbocycles. The van der Waals surface area contributed by atoms with Crippen LogP contribution < -0.4 is 4.57 Å². The molecule has 10 heavy (non-hydrogen) atoms. The van der Waals surface area contributed by atoms with Crippen molar-refractivity contribution in [3.8, 4) is 0 Å². The Balaban J connectivity index is 3.28. The molecule has 0 amide bonds. The molecule has 0 radical (unpaired) electrons. The zero-order valence-corrected chi connectivity index (χ0v) is 7.02. The standard InChI is InChI=1S/C9H13N/c1-7-5-9(3)10(4)6-8(7)2/h5H,1-4H3. The summed E-state index contributed by atoms with van der Waals surface area (Å²) in [5.41, 5.74) is 3.80. The van der Waals surface area contributed by atoms with Gasteiger partial charge >= 0.3 is 0 Å². The molecule has 54 valence electrons. The van der Waals surface area contributed by atoms with Crippen molar-refractivity contribution in [3.63, 3.8) is 0 Å². The van der Waals surface area contributed by atoms with E-state index < -0.39 is 0 Å². The van der Waals surface area contributed by atoms with E-state index in [1.807, 2.05) is 11.6 Å². The van der Waals surface area contributed by atoms with Gasteiger partial charge in [-0.1, -0.05) is 19.4 Å². The average molecular weight is 135 g/mol. The lowest BCUT2D eigenvalue weighted by molar-refractivity contribution is -0.682.